The number of benzene rings is 1. The molecule has 2 aromatic heterocycles. The molecule has 5 N–H and O–H groups in total. The highest BCUT2D eigenvalue weighted by Gasteiger charge is 2.29. The van der Waals surface area contributed by atoms with Gasteiger partial charge in [0.2, 0.25) is 5.95 Å². The van der Waals surface area contributed by atoms with Crippen LogP contribution in [0.4, 0.5) is 11.8 Å². The second-order valence-corrected chi connectivity index (χ2v) is 9.75. The van der Waals surface area contributed by atoms with E-state index in [1.165, 1.54) is 9.13 Å². The Morgan fingerprint density at radius 3 is 2.55 bits per heavy atom. The number of rotatable bonds is 7. The molecule has 0 atom stereocenters. The van der Waals surface area contributed by atoms with Gasteiger partial charge in [0.15, 0.2) is 17.0 Å². The zero-order valence-corrected chi connectivity index (χ0v) is 20.5. The van der Waals surface area contributed by atoms with Crippen LogP contribution in [0, 0.1) is 3.57 Å². The van der Waals surface area contributed by atoms with Gasteiger partial charge >= 0.3 is 0 Å². The number of nitrogen functional groups attached to an aromatic ring is 1. The molecule has 8 heteroatoms. The molecule has 0 saturated heterocycles. The molecule has 0 bridgehead atoms. The lowest BCUT2D eigenvalue weighted by molar-refractivity contribution is 0.361. The van der Waals surface area contributed by atoms with Crippen LogP contribution in [0.5, 0.6) is 0 Å². The second kappa shape index (κ2) is 9.68. The number of aromatic nitrogens is 4. The standard InChI is InChI=1S/C23H32IN7/c1-3-18(4-2)31-21(15-8-10-17(25)11-9-15)28-19-20(29-23(26)30-22(19)31)27-13-14-6-5-7-16(24)12-14/h5-7,12,15,17-18H,3-4,8-11,13,25H2,1-2H3,(H3,26,27,29,30). The van der Waals surface area contributed by atoms with Gasteiger partial charge in [-0.2, -0.15) is 9.97 Å². The first kappa shape index (κ1) is 22.3. The van der Waals surface area contributed by atoms with Crippen LogP contribution in [0.1, 0.15) is 75.7 Å². The minimum absolute atomic E-state index is 0.280. The summed E-state index contributed by atoms with van der Waals surface area (Å²) in [7, 11) is 0. The summed E-state index contributed by atoms with van der Waals surface area (Å²) in [5.41, 5.74) is 15.2. The third-order valence-electron chi connectivity index (χ3n) is 6.38. The van der Waals surface area contributed by atoms with Crippen molar-refractivity contribution in [3.8, 4) is 0 Å². The molecule has 1 aromatic carbocycles. The quantitative estimate of drug-likeness (QED) is 0.370. The first-order chi connectivity index (χ1) is 15.0. The monoisotopic (exact) mass is 533 g/mol. The molecule has 1 aliphatic rings. The maximum atomic E-state index is 6.17. The first-order valence-electron chi connectivity index (χ1n) is 11.3. The predicted octanol–water partition coefficient (Wildman–Crippen LogP) is 4.97. The topological polar surface area (TPSA) is 108 Å². The Balaban J connectivity index is 1.76. The average molecular weight is 533 g/mol. The van der Waals surface area contributed by atoms with Crippen molar-refractivity contribution >= 4 is 45.5 Å². The molecule has 2 heterocycles. The van der Waals surface area contributed by atoms with Gasteiger partial charge < -0.3 is 21.4 Å². The Bertz CT molecular complexity index is 1040. The van der Waals surface area contributed by atoms with Crippen LogP contribution in [-0.4, -0.2) is 25.6 Å². The SMILES string of the molecule is CCC(CC)n1c(C2CCC(N)CC2)nc2c(NCc3cccc(I)c3)nc(N)nc21. The summed E-state index contributed by atoms with van der Waals surface area (Å²) in [5.74, 6) is 2.51. The fourth-order valence-electron chi connectivity index (χ4n) is 4.64. The van der Waals surface area contributed by atoms with Crippen molar-refractivity contribution in [3.05, 3.63) is 39.2 Å². The van der Waals surface area contributed by atoms with Gasteiger partial charge in [-0.05, 0) is 78.8 Å². The van der Waals surface area contributed by atoms with E-state index in [4.69, 9.17) is 16.5 Å². The number of fused-ring (bicyclic) bond motifs is 1. The van der Waals surface area contributed by atoms with Gasteiger partial charge in [0.1, 0.15) is 5.82 Å². The third-order valence-corrected chi connectivity index (χ3v) is 7.05. The summed E-state index contributed by atoms with van der Waals surface area (Å²) in [6, 6.07) is 9.07. The van der Waals surface area contributed by atoms with E-state index in [0.29, 0.717) is 30.4 Å². The molecule has 166 valence electrons. The molecule has 1 fully saturated rings. The van der Waals surface area contributed by atoms with Crippen molar-refractivity contribution in [2.45, 2.75) is 76.9 Å². The zero-order chi connectivity index (χ0) is 22.0. The van der Waals surface area contributed by atoms with Crippen LogP contribution >= 0.6 is 22.6 Å². The third kappa shape index (κ3) is 4.79. The van der Waals surface area contributed by atoms with Crippen LogP contribution in [0.25, 0.3) is 11.2 Å². The number of halogens is 1. The number of nitrogens with one attached hydrogen (secondary N) is 1. The second-order valence-electron chi connectivity index (χ2n) is 8.51. The van der Waals surface area contributed by atoms with Gasteiger partial charge in [-0.3, -0.25) is 0 Å². The van der Waals surface area contributed by atoms with Gasteiger partial charge in [-0.1, -0.05) is 26.0 Å². The van der Waals surface area contributed by atoms with Crippen molar-refractivity contribution in [3.63, 3.8) is 0 Å². The molecule has 0 unspecified atom stereocenters. The predicted molar refractivity (Wildman–Crippen MR) is 135 cm³/mol. The fourth-order valence-corrected chi connectivity index (χ4v) is 5.25. The molecule has 0 radical (unpaired) electrons. The van der Waals surface area contributed by atoms with Crippen LogP contribution in [-0.2, 0) is 6.54 Å². The number of imidazole rings is 1. The van der Waals surface area contributed by atoms with E-state index in [2.05, 4.69) is 80.6 Å². The molecule has 1 saturated carbocycles. The Labute approximate surface area is 197 Å². The Morgan fingerprint density at radius 2 is 1.87 bits per heavy atom. The van der Waals surface area contributed by atoms with Crippen LogP contribution < -0.4 is 16.8 Å². The summed E-state index contributed by atoms with van der Waals surface area (Å²) in [6.45, 7) is 5.11. The lowest BCUT2D eigenvalue weighted by atomic mass is 9.85. The summed E-state index contributed by atoms with van der Waals surface area (Å²) < 4.78 is 3.55. The number of hydrogen-bond acceptors (Lipinski definition) is 6. The zero-order valence-electron chi connectivity index (χ0n) is 18.3. The van der Waals surface area contributed by atoms with Crippen molar-refractivity contribution in [2.75, 3.05) is 11.1 Å². The highest BCUT2D eigenvalue weighted by Crippen LogP contribution is 2.37. The molecular formula is C23H32IN7. The molecule has 31 heavy (non-hydrogen) atoms. The van der Waals surface area contributed by atoms with Crippen LogP contribution in [0.3, 0.4) is 0 Å². The molecule has 0 aliphatic heterocycles. The molecule has 4 rings (SSSR count). The summed E-state index contributed by atoms with van der Waals surface area (Å²) in [4.78, 5) is 14.3. The molecule has 0 spiro atoms. The van der Waals surface area contributed by atoms with E-state index in [-0.39, 0.29) is 5.95 Å². The van der Waals surface area contributed by atoms with Gasteiger partial charge in [0, 0.05) is 28.1 Å². The van der Waals surface area contributed by atoms with E-state index in [0.717, 1.165) is 55.5 Å². The van der Waals surface area contributed by atoms with E-state index in [1.54, 1.807) is 0 Å². The van der Waals surface area contributed by atoms with Crippen molar-refractivity contribution in [1.29, 1.82) is 0 Å². The summed E-state index contributed by atoms with van der Waals surface area (Å²) in [6.07, 6.45) is 6.27. The maximum absolute atomic E-state index is 6.17. The largest absolute Gasteiger partial charge is 0.368 e. The highest BCUT2D eigenvalue weighted by atomic mass is 127. The van der Waals surface area contributed by atoms with Crippen molar-refractivity contribution < 1.29 is 0 Å². The van der Waals surface area contributed by atoms with E-state index in [9.17, 15) is 0 Å². The molecule has 1 aliphatic carbocycles. The van der Waals surface area contributed by atoms with Gasteiger partial charge in [0.05, 0.1) is 0 Å². The minimum Gasteiger partial charge on any atom is -0.368 e. The van der Waals surface area contributed by atoms with Crippen molar-refractivity contribution in [2.24, 2.45) is 5.73 Å². The number of nitrogens with two attached hydrogens (primary N) is 2. The van der Waals surface area contributed by atoms with Crippen molar-refractivity contribution in [1.82, 2.24) is 19.5 Å². The van der Waals surface area contributed by atoms with E-state index in [1.807, 2.05) is 0 Å². The molecule has 3 aromatic rings. The summed E-state index contributed by atoms with van der Waals surface area (Å²) in [5, 5.41) is 3.47. The van der Waals surface area contributed by atoms with E-state index >= 15 is 0 Å². The lowest BCUT2D eigenvalue weighted by Gasteiger charge is -2.28. The van der Waals surface area contributed by atoms with Gasteiger partial charge in [-0.25, -0.2) is 4.98 Å². The summed E-state index contributed by atoms with van der Waals surface area (Å²) >= 11 is 2.33. The smallest absolute Gasteiger partial charge is 0.224 e. The van der Waals surface area contributed by atoms with Gasteiger partial charge in [0.25, 0.3) is 0 Å². The fraction of sp³-hybridized carbons (Fsp3) is 0.522. The minimum atomic E-state index is 0.280. The van der Waals surface area contributed by atoms with Crippen LogP contribution in [0.15, 0.2) is 24.3 Å². The van der Waals surface area contributed by atoms with Crippen LogP contribution in [0.2, 0.25) is 0 Å². The molecule has 7 nitrogen and oxygen atoms in total. The lowest BCUT2D eigenvalue weighted by Crippen LogP contribution is -2.27. The molecular weight excluding hydrogens is 501 g/mol. The number of anilines is 2. The Kier molecular flexibility index (Phi) is 6.95. The Morgan fingerprint density at radius 1 is 1.13 bits per heavy atom. The molecule has 0 amide bonds. The van der Waals surface area contributed by atoms with E-state index < -0.39 is 0 Å². The normalized spacial score (nSPS) is 19.3. The highest BCUT2D eigenvalue weighted by molar-refractivity contribution is 14.1. The maximum Gasteiger partial charge on any atom is 0.224 e. The number of nitrogens with zero attached hydrogens (tertiary/aromatic N) is 4. The average Bonchev–Trinajstić information content (AvgIpc) is 3.13. The van der Waals surface area contributed by atoms with Gasteiger partial charge in [-0.15, -0.1) is 0 Å². The Hall–Kier alpha value is -1.94. The number of hydrogen-bond donors (Lipinski definition) is 3. The first-order valence-corrected chi connectivity index (χ1v) is 12.4.